The average Bonchev–Trinajstić information content (AvgIpc) is 2.65. The third kappa shape index (κ3) is 4.99. The Kier molecular flexibility index (Phi) is 5.65. The molecule has 1 rings (SSSR count). The summed E-state index contributed by atoms with van der Waals surface area (Å²) < 4.78 is 33.2. The van der Waals surface area contributed by atoms with Crippen LogP contribution in [-0.4, -0.2) is 43.4 Å². The highest BCUT2D eigenvalue weighted by Gasteiger charge is 2.04. The van der Waals surface area contributed by atoms with E-state index < -0.39 is 13.0 Å². The van der Waals surface area contributed by atoms with Crippen molar-refractivity contribution in [2.45, 2.75) is 13.0 Å². The van der Waals surface area contributed by atoms with E-state index in [9.17, 15) is 8.78 Å². The van der Waals surface area contributed by atoms with Crippen molar-refractivity contribution >= 4 is 6.01 Å². The summed E-state index contributed by atoms with van der Waals surface area (Å²) in [6.07, 6.45) is -2.44. The quantitative estimate of drug-likeness (QED) is 0.640. The van der Waals surface area contributed by atoms with Gasteiger partial charge in [0.2, 0.25) is 5.89 Å². The summed E-state index contributed by atoms with van der Waals surface area (Å²) in [6.45, 7) is 0.426. The molecule has 6 nitrogen and oxygen atoms in total. The second-order valence-electron chi connectivity index (χ2n) is 2.92. The summed E-state index contributed by atoms with van der Waals surface area (Å²) >= 11 is 0. The van der Waals surface area contributed by atoms with Gasteiger partial charge < -0.3 is 19.8 Å². The Morgan fingerprint density at radius 3 is 2.94 bits per heavy atom. The maximum Gasteiger partial charge on any atom is 0.315 e. The lowest BCUT2D eigenvalue weighted by atomic mass is 10.6. The van der Waals surface area contributed by atoms with Gasteiger partial charge >= 0.3 is 6.01 Å². The molecular formula is C8H14F2N4O2. The smallest absolute Gasteiger partial charge is 0.315 e. The van der Waals surface area contributed by atoms with E-state index in [2.05, 4.69) is 25.6 Å². The van der Waals surface area contributed by atoms with E-state index in [4.69, 9.17) is 4.42 Å². The Morgan fingerprint density at radius 2 is 2.25 bits per heavy atom. The van der Waals surface area contributed by atoms with Gasteiger partial charge in [-0.2, -0.15) is 0 Å². The molecule has 0 spiro atoms. The van der Waals surface area contributed by atoms with Gasteiger partial charge in [-0.05, 0) is 7.05 Å². The van der Waals surface area contributed by atoms with Crippen molar-refractivity contribution in [1.82, 2.24) is 15.5 Å². The fraction of sp³-hybridized carbons (Fsp3) is 0.750. The Hall–Kier alpha value is -1.28. The second-order valence-corrected chi connectivity index (χ2v) is 2.92. The largest absolute Gasteiger partial charge is 0.407 e. The molecule has 1 aromatic rings. The maximum absolute atomic E-state index is 11.7. The standard InChI is InChI=1S/C8H14F2N4O2/c1-11-4-7-13-14-8(16-7)12-2-3-15-5-6(9)10/h6,11H,2-5H2,1H3,(H,12,14). The zero-order chi connectivity index (χ0) is 11.8. The number of hydrogen-bond acceptors (Lipinski definition) is 6. The molecule has 0 saturated heterocycles. The molecule has 1 aromatic heterocycles. The van der Waals surface area contributed by atoms with Crippen LogP contribution in [0.15, 0.2) is 4.42 Å². The first-order chi connectivity index (χ1) is 7.72. The van der Waals surface area contributed by atoms with Crippen LogP contribution in [-0.2, 0) is 11.3 Å². The first-order valence-corrected chi connectivity index (χ1v) is 4.79. The third-order valence-corrected chi connectivity index (χ3v) is 1.56. The molecule has 0 amide bonds. The number of hydrogen-bond donors (Lipinski definition) is 2. The van der Waals surface area contributed by atoms with Crippen molar-refractivity contribution in [1.29, 1.82) is 0 Å². The third-order valence-electron chi connectivity index (χ3n) is 1.56. The fourth-order valence-corrected chi connectivity index (χ4v) is 0.950. The molecule has 0 aliphatic carbocycles. The summed E-state index contributed by atoms with van der Waals surface area (Å²) in [5.41, 5.74) is 0. The lowest BCUT2D eigenvalue weighted by Gasteiger charge is -2.02. The normalized spacial score (nSPS) is 11.0. The van der Waals surface area contributed by atoms with Crippen LogP contribution in [0.25, 0.3) is 0 Å². The van der Waals surface area contributed by atoms with Crippen molar-refractivity contribution < 1.29 is 17.9 Å². The summed E-state index contributed by atoms with van der Waals surface area (Å²) in [6, 6.07) is 0.255. The van der Waals surface area contributed by atoms with E-state index >= 15 is 0 Å². The average molecular weight is 236 g/mol. The number of anilines is 1. The van der Waals surface area contributed by atoms with E-state index in [1.807, 2.05) is 0 Å². The van der Waals surface area contributed by atoms with Crippen molar-refractivity contribution in [2.75, 3.05) is 32.1 Å². The van der Waals surface area contributed by atoms with Gasteiger partial charge in [-0.1, -0.05) is 5.10 Å². The minimum absolute atomic E-state index is 0.161. The zero-order valence-corrected chi connectivity index (χ0v) is 8.87. The van der Waals surface area contributed by atoms with Crippen molar-refractivity contribution in [3.8, 4) is 0 Å². The number of alkyl halides is 2. The van der Waals surface area contributed by atoms with E-state index in [0.717, 1.165) is 0 Å². The molecule has 0 fully saturated rings. The van der Waals surface area contributed by atoms with E-state index in [0.29, 0.717) is 19.0 Å². The number of nitrogens with zero attached hydrogens (tertiary/aromatic N) is 2. The molecule has 92 valence electrons. The SMILES string of the molecule is CNCc1nnc(NCCOCC(F)F)o1. The highest BCUT2D eigenvalue weighted by atomic mass is 19.3. The predicted molar refractivity (Wildman–Crippen MR) is 52.4 cm³/mol. The van der Waals surface area contributed by atoms with Gasteiger partial charge in [-0.15, -0.1) is 5.10 Å². The first-order valence-electron chi connectivity index (χ1n) is 4.79. The van der Waals surface area contributed by atoms with Gasteiger partial charge in [-0.3, -0.25) is 0 Å². The lowest BCUT2D eigenvalue weighted by Crippen LogP contribution is -2.13. The van der Waals surface area contributed by atoms with Crippen LogP contribution >= 0.6 is 0 Å². The Balaban J connectivity index is 2.12. The summed E-state index contributed by atoms with van der Waals surface area (Å²) in [7, 11) is 1.76. The Bertz CT molecular complexity index is 295. The summed E-state index contributed by atoms with van der Waals surface area (Å²) in [5.74, 6) is 0.457. The number of aromatic nitrogens is 2. The molecule has 1 heterocycles. The van der Waals surface area contributed by atoms with Crippen LogP contribution in [0.1, 0.15) is 5.89 Å². The van der Waals surface area contributed by atoms with Crippen LogP contribution in [0.5, 0.6) is 0 Å². The molecule has 2 N–H and O–H groups in total. The number of halogens is 2. The molecule has 0 unspecified atom stereocenters. The van der Waals surface area contributed by atoms with Crippen LogP contribution in [0.2, 0.25) is 0 Å². The highest BCUT2D eigenvalue weighted by molar-refractivity contribution is 5.16. The number of nitrogens with one attached hydrogen (secondary N) is 2. The highest BCUT2D eigenvalue weighted by Crippen LogP contribution is 2.04. The molecule has 0 aliphatic heterocycles. The topological polar surface area (TPSA) is 72.2 Å². The summed E-state index contributed by atoms with van der Waals surface area (Å²) in [5, 5.41) is 13.0. The van der Waals surface area contributed by atoms with E-state index in [-0.39, 0.29) is 12.6 Å². The number of rotatable bonds is 8. The Labute approximate surface area is 91.4 Å². The van der Waals surface area contributed by atoms with Gasteiger partial charge in [0.05, 0.1) is 13.2 Å². The van der Waals surface area contributed by atoms with Crippen LogP contribution in [0.3, 0.4) is 0 Å². The zero-order valence-electron chi connectivity index (χ0n) is 8.87. The first kappa shape index (κ1) is 12.8. The molecule has 16 heavy (non-hydrogen) atoms. The fourth-order valence-electron chi connectivity index (χ4n) is 0.950. The van der Waals surface area contributed by atoms with Crippen LogP contribution < -0.4 is 10.6 Å². The molecule has 8 heteroatoms. The van der Waals surface area contributed by atoms with E-state index in [1.54, 1.807) is 7.05 Å². The van der Waals surface area contributed by atoms with Gasteiger partial charge in [0, 0.05) is 6.54 Å². The second kappa shape index (κ2) is 7.07. The van der Waals surface area contributed by atoms with Gasteiger partial charge in [0.15, 0.2) is 0 Å². The minimum Gasteiger partial charge on any atom is -0.407 e. The summed E-state index contributed by atoms with van der Waals surface area (Å²) in [4.78, 5) is 0. The lowest BCUT2D eigenvalue weighted by molar-refractivity contribution is 0.0214. The number of ether oxygens (including phenoxy) is 1. The van der Waals surface area contributed by atoms with Gasteiger partial charge in [0.1, 0.15) is 6.61 Å². The molecule has 0 aliphatic rings. The Morgan fingerprint density at radius 1 is 1.44 bits per heavy atom. The molecular weight excluding hydrogens is 222 g/mol. The molecule has 0 bridgehead atoms. The van der Waals surface area contributed by atoms with Crippen LogP contribution in [0, 0.1) is 0 Å². The van der Waals surface area contributed by atoms with E-state index in [1.165, 1.54) is 0 Å². The van der Waals surface area contributed by atoms with Crippen molar-refractivity contribution in [3.63, 3.8) is 0 Å². The van der Waals surface area contributed by atoms with Crippen molar-refractivity contribution in [3.05, 3.63) is 5.89 Å². The van der Waals surface area contributed by atoms with Gasteiger partial charge in [-0.25, -0.2) is 8.78 Å². The van der Waals surface area contributed by atoms with Crippen LogP contribution in [0.4, 0.5) is 14.8 Å². The minimum atomic E-state index is -2.44. The molecule has 0 aromatic carbocycles. The van der Waals surface area contributed by atoms with Crippen molar-refractivity contribution in [2.24, 2.45) is 0 Å². The maximum atomic E-state index is 11.7. The molecule has 0 radical (unpaired) electrons. The molecule has 0 atom stereocenters. The molecule has 0 saturated carbocycles. The monoisotopic (exact) mass is 236 g/mol. The van der Waals surface area contributed by atoms with Gasteiger partial charge in [0.25, 0.3) is 6.43 Å². The predicted octanol–water partition coefficient (Wildman–Crippen LogP) is 0.483.